The van der Waals surface area contributed by atoms with Gasteiger partial charge in [0.2, 0.25) is 5.91 Å². The Balaban J connectivity index is 1.71. The normalized spacial score (nSPS) is 21.6. The van der Waals surface area contributed by atoms with Crippen molar-refractivity contribution in [1.29, 1.82) is 0 Å². The molecule has 3 rings (SSSR count). The number of nitrogens with zero attached hydrogens (tertiary/aromatic N) is 1. The number of halogens is 1. The number of anilines is 1. The second-order valence-corrected chi connectivity index (χ2v) is 6.79. The minimum Gasteiger partial charge on any atom is -0.461 e. The third-order valence-electron chi connectivity index (χ3n) is 4.81. The molecule has 1 aromatic rings. The van der Waals surface area contributed by atoms with E-state index in [0.717, 1.165) is 25.9 Å². The fourth-order valence-electron chi connectivity index (χ4n) is 3.54. The number of imide groups is 1. The molecule has 0 bridgehead atoms. The lowest BCUT2D eigenvalue weighted by molar-refractivity contribution is -0.919. The van der Waals surface area contributed by atoms with Crippen molar-refractivity contribution >= 4 is 35.1 Å². The van der Waals surface area contributed by atoms with Crippen LogP contribution in [0.4, 0.5) is 5.69 Å². The third-order valence-corrected chi connectivity index (χ3v) is 4.96. The summed E-state index contributed by atoms with van der Waals surface area (Å²) < 4.78 is 4.96. The number of amides is 2. The Bertz CT molecular complexity index is 656. The zero-order valence-corrected chi connectivity index (χ0v) is 14.8. The molecule has 2 amide bonds. The standard InChI is InChI=1S/C18H21ClN2O4/c19-8-11-25-18(24)13-4-6-14(7-5-13)21-16(22)12-15(17(21)23)20-9-2-1-3-10-20/h4-7,15H,1-3,8-12H2/p+1/t15-/m1/s1. The lowest BCUT2D eigenvalue weighted by Gasteiger charge is -2.27. The highest BCUT2D eigenvalue weighted by molar-refractivity contribution is 6.22. The van der Waals surface area contributed by atoms with E-state index in [4.69, 9.17) is 16.3 Å². The van der Waals surface area contributed by atoms with Gasteiger partial charge in [0, 0.05) is 0 Å². The summed E-state index contributed by atoms with van der Waals surface area (Å²) >= 11 is 5.49. The number of alkyl halides is 1. The third kappa shape index (κ3) is 3.85. The van der Waals surface area contributed by atoms with Crippen LogP contribution >= 0.6 is 11.6 Å². The Kier molecular flexibility index (Phi) is 5.71. The van der Waals surface area contributed by atoms with Gasteiger partial charge in [-0.2, -0.15) is 0 Å². The van der Waals surface area contributed by atoms with Crippen LogP contribution in [0, 0.1) is 0 Å². The van der Waals surface area contributed by atoms with Gasteiger partial charge in [0.15, 0.2) is 6.04 Å². The number of carbonyl (C=O) groups excluding carboxylic acids is 3. The summed E-state index contributed by atoms with van der Waals surface area (Å²) in [6, 6.07) is 6.07. The van der Waals surface area contributed by atoms with Crippen molar-refractivity contribution in [3.8, 4) is 0 Å². The van der Waals surface area contributed by atoms with Crippen molar-refractivity contribution in [1.82, 2.24) is 0 Å². The molecule has 2 aliphatic rings. The highest BCUT2D eigenvalue weighted by Crippen LogP contribution is 2.23. The average Bonchev–Trinajstić information content (AvgIpc) is 2.95. The van der Waals surface area contributed by atoms with E-state index in [9.17, 15) is 14.4 Å². The minimum absolute atomic E-state index is 0.139. The molecule has 6 nitrogen and oxygen atoms in total. The number of rotatable bonds is 5. The molecule has 2 aliphatic heterocycles. The van der Waals surface area contributed by atoms with Gasteiger partial charge in [0.25, 0.3) is 5.91 Å². The zero-order valence-electron chi connectivity index (χ0n) is 14.0. The van der Waals surface area contributed by atoms with Gasteiger partial charge in [-0.3, -0.25) is 9.59 Å². The van der Waals surface area contributed by atoms with Gasteiger partial charge in [-0.25, -0.2) is 9.69 Å². The smallest absolute Gasteiger partial charge is 0.338 e. The highest BCUT2D eigenvalue weighted by Gasteiger charge is 2.45. The van der Waals surface area contributed by atoms with Gasteiger partial charge >= 0.3 is 5.97 Å². The number of nitrogens with one attached hydrogen (secondary N) is 1. The second kappa shape index (κ2) is 7.97. The van der Waals surface area contributed by atoms with E-state index in [0.29, 0.717) is 11.3 Å². The number of hydrogen-bond acceptors (Lipinski definition) is 4. The summed E-state index contributed by atoms with van der Waals surface area (Å²) in [4.78, 5) is 39.4. The van der Waals surface area contributed by atoms with Crippen LogP contribution in [0.5, 0.6) is 0 Å². The van der Waals surface area contributed by atoms with E-state index in [1.807, 2.05) is 0 Å². The molecule has 0 saturated carbocycles. The van der Waals surface area contributed by atoms with Crippen LogP contribution in [0.3, 0.4) is 0 Å². The molecule has 0 unspecified atom stereocenters. The molecule has 0 aliphatic carbocycles. The minimum atomic E-state index is -0.470. The number of piperidine rings is 1. The molecule has 2 fully saturated rings. The van der Waals surface area contributed by atoms with E-state index in [1.54, 1.807) is 24.3 Å². The van der Waals surface area contributed by atoms with Crippen LogP contribution in [-0.2, 0) is 14.3 Å². The van der Waals surface area contributed by atoms with Gasteiger partial charge in [-0.05, 0) is 43.5 Å². The molecule has 1 atom stereocenters. The van der Waals surface area contributed by atoms with Crippen molar-refractivity contribution in [2.24, 2.45) is 0 Å². The predicted octanol–water partition coefficient (Wildman–Crippen LogP) is 0.783. The van der Waals surface area contributed by atoms with Crippen LogP contribution in [-0.4, -0.2) is 49.4 Å². The average molecular weight is 366 g/mol. The maximum absolute atomic E-state index is 12.8. The fourth-order valence-corrected chi connectivity index (χ4v) is 3.61. The molecule has 0 spiro atoms. The van der Waals surface area contributed by atoms with E-state index < -0.39 is 5.97 Å². The van der Waals surface area contributed by atoms with Gasteiger partial charge in [-0.15, -0.1) is 11.6 Å². The summed E-state index contributed by atoms with van der Waals surface area (Å²) in [6.45, 7) is 2.04. The molecule has 134 valence electrons. The molecular weight excluding hydrogens is 344 g/mol. The summed E-state index contributed by atoms with van der Waals surface area (Å²) in [5, 5.41) is 0. The van der Waals surface area contributed by atoms with E-state index in [2.05, 4.69) is 0 Å². The zero-order chi connectivity index (χ0) is 17.8. The number of carbonyl (C=O) groups is 3. The first-order valence-corrected chi connectivity index (χ1v) is 9.20. The van der Waals surface area contributed by atoms with Crippen LogP contribution < -0.4 is 9.80 Å². The molecule has 0 aromatic heterocycles. The van der Waals surface area contributed by atoms with Gasteiger partial charge in [-0.1, -0.05) is 0 Å². The second-order valence-electron chi connectivity index (χ2n) is 6.41. The van der Waals surface area contributed by atoms with Crippen molar-refractivity contribution in [3.05, 3.63) is 29.8 Å². The first kappa shape index (κ1) is 17.9. The highest BCUT2D eigenvalue weighted by atomic mass is 35.5. The molecule has 1 aromatic carbocycles. The molecule has 2 saturated heterocycles. The Labute approximate surface area is 151 Å². The maximum Gasteiger partial charge on any atom is 0.338 e. The number of likely N-dealkylation sites (tertiary alicyclic amines) is 1. The molecule has 25 heavy (non-hydrogen) atoms. The van der Waals surface area contributed by atoms with E-state index in [-0.39, 0.29) is 36.8 Å². The van der Waals surface area contributed by atoms with Crippen LogP contribution in [0.1, 0.15) is 36.0 Å². The van der Waals surface area contributed by atoms with Gasteiger partial charge < -0.3 is 9.64 Å². The van der Waals surface area contributed by atoms with E-state index in [1.165, 1.54) is 16.2 Å². The largest absolute Gasteiger partial charge is 0.461 e. The van der Waals surface area contributed by atoms with Crippen LogP contribution in [0.2, 0.25) is 0 Å². The van der Waals surface area contributed by atoms with Crippen molar-refractivity contribution in [2.75, 3.05) is 30.5 Å². The van der Waals surface area contributed by atoms with Crippen LogP contribution in [0.15, 0.2) is 24.3 Å². The van der Waals surface area contributed by atoms with Crippen LogP contribution in [0.25, 0.3) is 0 Å². The van der Waals surface area contributed by atoms with Gasteiger partial charge in [0.05, 0.1) is 36.6 Å². The Morgan fingerprint density at radius 1 is 1.16 bits per heavy atom. The first-order valence-electron chi connectivity index (χ1n) is 8.66. The lowest BCUT2D eigenvalue weighted by Crippen LogP contribution is -3.17. The number of benzene rings is 1. The molecule has 7 heteroatoms. The Morgan fingerprint density at radius 2 is 1.84 bits per heavy atom. The quantitative estimate of drug-likeness (QED) is 0.476. The fraction of sp³-hybridized carbons (Fsp3) is 0.500. The molecule has 0 radical (unpaired) electrons. The summed E-state index contributed by atoms with van der Waals surface area (Å²) in [7, 11) is 0. The number of esters is 1. The maximum atomic E-state index is 12.8. The van der Waals surface area contributed by atoms with Crippen molar-refractivity contribution < 1.29 is 24.0 Å². The predicted molar refractivity (Wildman–Crippen MR) is 92.9 cm³/mol. The summed E-state index contributed by atoms with van der Waals surface area (Å²) in [5.41, 5.74) is 0.869. The first-order chi connectivity index (χ1) is 12.1. The Hall–Kier alpha value is -1.92. The number of hydrogen-bond donors (Lipinski definition) is 1. The monoisotopic (exact) mass is 365 g/mol. The SMILES string of the molecule is O=C(OCCCl)c1ccc(N2C(=O)C[C@@H]([NH+]3CCCCC3)C2=O)cc1. The van der Waals surface area contributed by atoms with Gasteiger partial charge in [0.1, 0.15) is 6.61 Å². The lowest BCUT2D eigenvalue weighted by atomic mass is 10.1. The topological polar surface area (TPSA) is 68.1 Å². The summed E-state index contributed by atoms with van der Waals surface area (Å²) in [5.74, 6) is -0.548. The molecule has 1 N–H and O–H groups in total. The molecule has 2 heterocycles. The number of quaternary nitrogens is 1. The van der Waals surface area contributed by atoms with Crippen molar-refractivity contribution in [3.63, 3.8) is 0 Å². The number of ether oxygens (including phenoxy) is 1. The summed E-state index contributed by atoms with van der Waals surface area (Å²) in [6.07, 6.45) is 3.66. The Morgan fingerprint density at radius 3 is 2.48 bits per heavy atom. The molecular formula is C18H22ClN2O4+. The van der Waals surface area contributed by atoms with E-state index >= 15 is 0 Å². The van der Waals surface area contributed by atoms with Crippen molar-refractivity contribution in [2.45, 2.75) is 31.7 Å².